The largest absolute Gasteiger partial charge is 0.493 e. The minimum Gasteiger partial charge on any atom is -0.493 e. The summed E-state index contributed by atoms with van der Waals surface area (Å²) in [5.41, 5.74) is 2.01. The van der Waals surface area contributed by atoms with E-state index in [1.165, 1.54) is 22.5 Å². The lowest BCUT2D eigenvalue weighted by molar-refractivity contribution is -0.122. The third-order valence-corrected chi connectivity index (χ3v) is 7.14. The molecule has 0 aromatic heterocycles. The van der Waals surface area contributed by atoms with Gasteiger partial charge in [-0.15, -0.1) is 0 Å². The van der Waals surface area contributed by atoms with E-state index in [4.69, 9.17) is 9.47 Å². The molecule has 0 radical (unpaired) electrons. The van der Waals surface area contributed by atoms with Crippen LogP contribution in [-0.4, -0.2) is 36.2 Å². The molecule has 3 aromatic carbocycles. The summed E-state index contributed by atoms with van der Waals surface area (Å²) < 4.78 is 12.8. The number of rotatable bonds is 7. The van der Waals surface area contributed by atoms with Crippen LogP contribution in [0.5, 0.6) is 11.5 Å². The highest BCUT2D eigenvalue weighted by Crippen LogP contribution is 2.38. The van der Waals surface area contributed by atoms with Crippen molar-refractivity contribution < 1.29 is 14.3 Å². The number of ether oxygens (including phenoxy) is 2. The minimum atomic E-state index is -0.0139. The predicted molar refractivity (Wildman–Crippen MR) is 145 cm³/mol. The quantitative estimate of drug-likeness (QED) is 0.245. The number of carbonyl (C=O) groups is 1. The monoisotopic (exact) mass is 572 g/mol. The van der Waals surface area contributed by atoms with Gasteiger partial charge in [-0.2, -0.15) is 0 Å². The fraction of sp³-hybridized carbons (Fsp3) is 0.231. The zero-order valence-electron chi connectivity index (χ0n) is 18.8. The molecule has 0 bridgehead atoms. The maximum Gasteiger partial charge on any atom is 0.266 e. The Morgan fingerprint density at radius 2 is 1.91 bits per heavy atom. The summed E-state index contributed by atoms with van der Waals surface area (Å²) in [5, 5.41) is 3.12. The number of likely N-dealkylation sites (N-methyl/N-ethyl adjacent to an activating group) is 1. The van der Waals surface area contributed by atoms with E-state index in [1.807, 2.05) is 50.3 Å². The molecule has 4 rings (SSSR count). The Labute approximate surface area is 212 Å². The van der Waals surface area contributed by atoms with Crippen molar-refractivity contribution in [3.63, 3.8) is 0 Å². The van der Waals surface area contributed by atoms with Crippen molar-refractivity contribution in [2.24, 2.45) is 4.99 Å². The number of hydrogen-bond donors (Lipinski definition) is 0. The Morgan fingerprint density at radius 1 is 1.12 bits per heavy atom. The number of thioether (sulfide) groups is 1. The molecule has 0 unspecified atom stereocenters. The standard InChI is InChI=1S/C26H25IN2O3S/c1-4-28-26-29(5-2)25(30)23(33-26)15-17-13-21(27)24(22(14-17)31-3)32-16-19-11-8-10-18-9-6-7-12-20(18)19/h6-15H,4-5,16H2,1-3H3/b23-15+,28-26?. The molecule has 0 N–H and O–H groups in total. The van der Waals surface area contributed by atoms with Crippen LogP contribution in [0, 0.1) is 3.57 Å². The number of fused-ring (bicyclic) bond motifs is 1. The summed E-state index contributed by atoms with van der Waals surface area (Å²) in [6, 6.07) is 18.4. The van der Waals surface area contributed by atoms with Crippen molar-refractivity contribution in [2.45, 2.75) is 20.5 Å². The molecular weight excluding hydrogens is 547 g/mol. The number of amides is 1. The van der Waals surface area contributed by atoms with E-state index in [-0.39, 0.29) is 5.91 Å². The zero-order chi connectivity index (χ0) is 23.4. The van der Waals surface area contributed by atoms with Gasteiger partial charge < -0.3 is 9.47 Å². The van der Waals surface area contributed by atoms with Gasteiger partial charge in [0.25, 0.3) is 5.91 Å². The summed E-state index contributed by atoms with van der Waals surface area (Å²) >= 11 is 3.67. The topological polar surface area (TPSA) is 51.1 Å². The molecule has 0 saturated carbocycles. The van der Waals surface area contributed by atoms with Crippen LogP contribution >= 0.6 is 34.4 Å². The van der Waals surface area contributed by atoms with Crippen LogP contribution in [0.1, 0.15) is 25.0 Å². The first kappa shape index (κ1) is 23.6. The third-order valence-electron chi connectivity index (χ3n) is 5.30. The first-order valence-corrected chi connectivity index (χ1v) is 12.7. The van der Waals surface area contributed by atoms with Crippen LogP contribution in [0.3, 0.4) is 0 Å². The van der Waals surface area contributed by atoms with E-state index in [0.29, 0.717) is 36.1 Å². The maximum atomic E-state index is 12.8. The van der Waals surface area contributed by atoms with Gasteiger partial charge in [0, 0.05) is 13.1 Å². The van der Waals surface area contributed by atoms with E-state index >= 15 is 0 Å². The lowest BCUT2D eigenvalue weighted by Crippen LogP contribution is -2.28. The van der Waals surface area contributed by atoms with Gasteiger partial charge in [0.05, 0.1) is 15.6 Å². The fourth-order valence-corrected chi connectivity index (χ4v) is 5.61. The molecule has 0 aliphatic carbocycles. The van der Waals surface area contributed by atoms with E-state index in [2.05, 4.69) is 51.8 Å². The molecule has 3 aromatic rings. The summed E-state index contributed by atoms with van der Waals surface area (Å²) in [7, 11) is 1.63. The number of nitrogens with zero attached hydrogens (tertiary/aromatic N) is 2. The molecule has 5 nitrogen and oxygen atoms in total. The number of aliphatic imine (C=N–C) groups is 1. The second kappa shape index (κ2) is 10.6. The Hall–Kier alpha value is -2.52. The smallest absolute Gasteiger partial charge is 0.266 e. The predicted octanol–water partition coefficient (Wildman–Crippen LogP) is 6.34. The molecule has 1 saturated heterocycles. The van der Waals surface area contributed by atoms with Crippen molar-refractivity contribution in [1.82, 2.24) is 4.90 Å². The van der Waals surface area contributed by atoms with Crippen LogP contribution in [-0.2, 0) is 11.4 Å². The van der Waals surface area contributed by atoms with Gasteiger partial charge in [0.1, 0.15) is 6.61 Å². The molecule has 1 aliphatic rings. The van der Waals surface area contributed by atoms with E-state index in [0.717, 1.165) is 19.9 Å². The van der Waals surface area contributed by atoms with Gasteiger partial charge in [-0.05, 0) is 88.3 Å². The average molecular weight is 572 g/mol. The number of methoxy groups -OCH3 is 1. The van der Waals surface area contributed by atoms with Gasteiger partial charge in [0.15, 0.2) is 16.7 Å². The zero-order valence-corrected chi connectivity index (χ0v) is 21.8. The second-order valence-electron chi connectivity index (χ2n) is 7.38. The van der Waals surface area contributed by atoms with Gasteiger partial charge in [-0.25, -0.2) is 0 Å². The maximum absolute atomic E-state index is 12.8. The van der Waals surface area contributed by atoms with Crippen molar-refractivity contribution in [3.05, 3.63) is 74.2 Å². The molecule has 1 aliphatic heterocycles. The molecular formula is C26H25IN2O3S. The van der Waals surface area contributed by atoms with Crippen molar-refractivity contribution >= 4 is 62.3 Å². The highest BCUT2D eigenvalue weighted by atomic mass is 127. The second-order valence-corrected chi connectivity index (χ2v) is 9.55. The van der Waals surface area contributed by atoms with E-state index in [9.17, 15) is 4.79 Å². The number of carbonyl (C=O) groups excluding carboxylic acids is 1. The Bertz CT molecular complexity index is 1250. The van der Waals surface area contributed by atoms with Crippen LogP contribution in [0.15, 0.2) is 64.5 Å². The normalized spacial score (nSPS) is 16.2. The summed E-state index contributed by atoms with van der Waals surface area (Å²) in [4.78, 5) is 19.6. The number of amidine groups is 1. The van der Waals surface area contributed by atoms with Crippen LogP contribution in [0.4, 0.5) is 0 Å². The first-order chi connectivity index (χ1) is 16.0. The summed E-state index contributed by atoms with van der Waals surface area (Å²) in [5.74, 6) is 1.32. The molecule has 170 valence electrons. The molecule has 1 heterocycles. The molecule has 7 heteroatoms. The van der Waals surface area contributed by atoms with Crippen LogP contribution in [0.25, 0.3) is 16.8 Å². The molecule has 0 atom stereocenters. The Morgan fingerprint density at radius 3 is 2.67 bits per heavy atom. The highest BCUT2D eigenvalue weighted by molar-refractivity contribution is 14.1. The van der Waals surface area contributed by atoms with Gasteiger partial charge in [0.2, 0.25) is 0 Å². The molecule has 33 heavy (non-hydrogen) atoms. The van der Waals surface area contributed by atoms with Crippen molar-refractivity contribution in [3.8, 4) is 11.5 Å². The van der Waals surface area contributed by atoms with Gasteiger partial charge in [-0.1, -0.05) is 42.5 Å². The number of benzene rings is 3. The van der Waals surface area contributed by atoms with Gasteiger partial charge in [-0.3, -0.25) is 14.7 Å². The average Bonchev–Trinajstić information content (AvgIpc) is 3.12. The van der Waals surface area contributed by atoms with Gasteiger partial charge >= 0.3 is 0 Å². The van der Waals surface area contributed by atoms with Crippen LogP contribution in [0.2, 0.25) is 0 Å². The lowest BCUT2D eigenvalue weighted by atomic mass is 10.1. The lowest BCUT2D eigenvalue weighted by Gasteiger charge is -2.15. The summed E-state index contributed by atoms with van der Waals surface area (Å²) in [6.45, 7) is 5.61. The number of halogens is 1. The first-order valence-electron chi connectivity index (χ1n) is 10.8. The van der Waals surface area contributed by atoms with Crippen molar-refractivity contribution in [2.75, 3.05) is 20.2 Å². The molecule has 1 amide bonds. The highest BCUT2D eigenvalue weighted by Gasteiger charge is 2.31. The summed E-state index contributed by atoms with van der Waals surface area (Å²) in [6.07, 6.45) is 1.90. The van der Waals surface area contributed by atoms with E-state index < -0.39 is 0 Å². The Balaban J connectivity index is 1.60. The van der Waals surface area contributed by atoms with Crippen molar-refractivity contribution in [1.29, 1.82) is 0 Å². The minimum absolute atomic E-state index is 0.0139. The third kappa shape index (κ3) is 5.04. The molecule has 0 spiro atoms. The molecule has 1 fully saturated rings. The number of hydrogen-bond acceptors (Lipinski definition) is 5. The van der Waals surface area contributed by atoms with Crippen LogP contribution < -0.4 is 9.47 Å². The van der Waals surface area contributed by atoms with E-state index in [1.54, 1.807) is 12.0 Å². The SMILES string of the molecule is CCN=C1S/C(=C/c2cc(I)c(OCc3cccc4ccccc34)c(OC)c2)C(=O)N1CC. The fourth-order valence-electron chi connectivity index (χ4n) is 3.72. The Kier molecular flexibility index (Phi) is 7.60.